The summed E-state index contributed by atoms with van der Waals surface area (Å²) in [5, 5.41) is -0.0360. The van der Waals surface area contributed by atoms with E-state index in [2.05, 4.69) is 6.92 Å². The molecule has 9 heteroatoms. The first-order valence-corrected chi connectivity index (χ1v) is 13.2. The summed E-state index contributed by atoms with van der Waals surface area (Å²) in [6, 6.07) is 5.10. The lowest BCUT2D eigenvalue weighted by Gasteiger charge is -2.36. The monoisotopic (exact) mass is 512 g/mol. The zero-order valence-electron chi connectivity index (χ0n) is 20.5. The molecule has 0 bridgehead atoms. The van der Waals surface area contributed by atoms with Gasteiger partial charge in [-0.15, -0.1) is 0 Å². The number of thioether (sulfide) groups is 1. The largest absolute Gasteiger partial charge is 0.486 e. The molecular weight excluding hydrogens is 477 g/mol. The van der Waals surface area contributed by atoms with Gasteiger partial charge in [-0.05, 0) is 37.6 Å². The van der Waals surface area contributed by atoms with Crippen LogP contribution in [0.5, 0.6) is 0 Å². The standard InChI is InChI=1S/C26H35F3N2O3S/c1-3-4-5-6-7-8-13-25(2)22(18-24(33)35-25)34-19-23(32)31-16-14-30(15-17-31)21-11-9-20(10-12-21)26(27,28)29/h9-12,18H,3-8,13-17,19H2,1-2H3. The average Bonchev–Trinajstić information content (AvgIpc) is 3.12. The van der Waals surface area contributed by atoms with Crippen molar-refractivity contribution < 1.29 is 27.5 Å². The number of hydrogen-bond acceptors (Lipinski definition) is 5. The van der Waals surface area contributed by atoms with Crippen molar-refractivity contribution in [2.45, 2.75) is 69.7 Å². The van der Waals surface area contributed by atoms with Gasteiger partial charge >= 0.3 is 6.18 Å². The van der Waals surface area contributed by atoms with E-state index in [1.54, 1.807) is 4.90 Å². The van der Waals surface area contributed by atoms with Crippen LogP contribution in [0.25, 0.3) is 0 Å². The molecule has 2 aliphatic rings. The highest BCUT2D eigenvalue weighted by Crippen LogP contribution is 2.44. The van der Waals surface area contributed by atoms with Gasteiger partial charge in [-0.1, -0.05) is 57.2 Å². The summed E-state index contributed by atoms with van der Waals surface area (Å²) in [5.74, 6) is 0.432. The fraction of sp³-hybridized carbons (Fsp3) is 0.615. The molecule has 0 N–H and O–H groups in total. The smallest absolute Gasteiger partial charge is 0.416 e. The van der Waals surface area contributed by atoms with Gasteiger partial charge in [-0.2, -0.15) is 13.2 Å². The lowest BCUT2D eigenvalue weighted by atomic mass is 9.99. The zero-order chi connectivity index (χ0) is 25.5. The van der Waals surface area contributed by atoms with Crippen LogP contribution in [0.4, 0.5) is 18.9 Å². The van der Waals surface area contributed by atoms with E-state index in [0.717, 1.165) is 31.4 Å². The van der Waals surface area contributed by atoms with Gasteiger partial charge in [0.05, 0.1) is 10.3 Å². The fourth-order valence-corrected chi connectivity index (χ4v) is 5.55. The molecule has 0 saturated carbocycles. The predicted molar refractivity (Wildman–Crippen MR) is 133 cm³/mol. The van der Waals surface area contributed by atoms with Gasteiger partial charge in [0.25, 0.3) is 5.91 Å². The molecule has 35 heavy (non-hydrogen) atoms. The topological polar surface area (TPSA) is 49.9 Å². The van der Waals surface area contributed by atoms with E-state index in [-0.39, 0.29) is 17.6 Å². The third-order valence-electron chi connectivity index (χ3n) is 6.65. The van der Waals surface area contributed by atoms with Gasteiger partial charge < -0.3 is 14.5 Å². The molecule has 1 amide bonds. The van der Waals surface area contributed by atoms with Gasteiger partial charge in [0, 0.05) is 37.9 Å². The van der Waals surface area contributed by atoms with Crippen molar-refractivity contribution in [1.82, 2.24) is 4.90 Å². The van der Waals surface area contributed by atoms with Crippen LogP contribution in [-0.2, 0) is 20.5 Å². The second-order valence-electron chi connectivity index (χ2n) is 9.38. The first-order valence-electron chi connectivity index (χ1n) is 12.4. The van der Waals surface area contributed by atoms with Gasteiger partial charge in [0.1, 0.15) is 5.76 Å². The highest BCUT2D eigenvalue weighted by atomic mass is 32.2. The van der Waals surface area contributed by atoms with Crippen LogP contribution in [-0.4, -0.2) is 53.5 Å². The molecule has 3 rings (SSSR count). The van der Waals surface area contributed by atoms with Crippen LogP contribution in [0.2, 0.25) is 0 Å². The summed E-state index contributed by atoms with van der Waals surface area (Å²) in [4.78, 5) is 28.5. The molecule has 0 spiro atoms. The molecule has 1 fully saturated rings. The number of benzene rings is 1. The minimum Gasteiger partial charge on any atom is -0.486 e. The maximum absolute atomic E-state index is 12.8. The Hall–Kier alpha value is -2.16. The number of unbranched alkanes of at least 4 members (excludes halogenated alkanes) is 5. The summed E-state index contributed by atoms with van der Waals surface area (Å²) >= 11 is 1.27. The van der Waals surface area contributed by atoms with Crippen LogP contribution in [0.1, 0.15) is 64.4 Å². The van der Waals surface area contributed by atoms with E-state index in [4.69, 9.17) is 4.74 Å². The lowest BCUT2D eigenvalue weighted by molar-refractivity contribution is -0.137. The molecule has 0 aliphatic carbocycles. The Kier molecular flexibility index (Phi) is 9.55. The van der Waals surface area contributed by atoms with E-state index in [9.17, 15) is 22.8 Å². The number of anilines is 1. The maximum Gasteiger partial charge on any atom is 0.416 e. The quantitative estimate of drug-likeness (QED) is 0.339. The Bertz CT molecular complexity index is 896. The van der Waals surface area contributed by atoms with E-state index < -0.39 is 16.5 Å². The van der Waals surface area contributed by atoms with Crippen molar-refractivity contribution in [3.05, 3.63) is 41.7 Å². The van der Waals surface area contributed by atoms with E-state index >= 15 is 0 Å². The van der Waals surface area contributed by atoms with E-state index in [0.29, 0.717) is 37.6 Å². The summed E-state index contributed by atoms with van der Waals surface area (Å²) in [7, 11) is 0. The number of alkyl halides is 3. The van der Waals surface area contributed by atoms with Crippen molar-refractivity contribution in [1.29, 1.82) is 0 Å². The normalized spacial score (nSPS) is 20.8. The van der Waals surface area contributed by atoms with Crippen molar-refractivity contribution in [3.8, 4) is 0 Å². The van der Waals surface area contributed by atoms with Crippen LogP contribution >= 0.6 is 11.8 Å². The number of ether oxygens (including phenoxy) is 1. The Balaban J connectivity index is 1.44. The molecule has 1 aromatic rings. The van der Waals surface area contributed by atoms with Crippen LogP contribution in [0.3, 0.4) is 0 Å². The number of nitrogens with zero attached hydrogens (tertiary/aromatic N) is 2. The molecular formula is C26H35F3N2O3S. The maximum atomic E-state index is 12.8. The van der Waals surface area contributed by atoms with Crippen LogP contribution in [0.15, 0.2) is 36.1 Å². The zero-order valence-corrected chi connectivity index (χ0v) is 21.3. The van der Waals surface area contributed by atoms with E-state index in [1.165, 1.54) is 55.7 Å². The second kappa shape index (κ2) is 12.2. The number of rotatable bonds is 11. The molecule has 2 heterocycles. The van der Waals surface area contributed by atoms with Gasteiger partial charge in [0.2, 0.25) is 5.12 Å². The number of carbonyl (C=O) groups excluding carboxylic acids is 2. The highest BCUT2D eigenvalue weighted by molar-refractivity contribution is 8.15. The number of carbonyl (C=O) groups is 2. The first-order chi connectivity index (χ1) is 16.6. The molecule has 5 nitrogen and oxygen atoms in total. The molecule has 1 unspecified atom stereocenters. The molecule has 1 aromatic carbocycles. The molecule has 194 valence electrons. The first kappa shape index (κ1) is 27.4. The minimum absolute atomic E-state index is 0.0360. The van der Waals surface area contributed by atoms with Crippen LogP contribution < -0.4 is 4.90 Å². The number of amides is 1. The summed E-state index contributed by atoms with van der Waals surface area (Å²) in [6.45, 7) is 6.07. The minimum atomic E-state index is -4.35. The Morgan fingerprint density at radius 1 is 1.03 bits per heavy atom. The molecule has 0 aromatic heterocycles. The third-order valence-corrected chi connectivity index (χ3v) is 7.82. The Morgan fingerprint density at radius 2 is 1.66 bits per heavy atom. The van der Waals surface area contributed by atoms with Crippen LogP contribution in [0, 0.1) is 0 Å². The number of hydrogen-bond donors (Lipinski definition) is 0. The molecule has 1 atom stereocenters. The third kappa shape index (κ3) is 7.66. The summed E-state index contributed by atoms with van der Waals surface area (Å²) < 4.78 is 43.8. The highest BCUT2D eigenvalue weighted by Gasteiger charge is 2.39. The average molecular weight is 513 g/mol. The SMILES string of the molecule is CCCCCCCCC1(C)SC(=O)C=C1OCC(=O)N1CCN(c2ccc(C(F)(F)F)cc2)CC1. The van der Waals surface area contributed by atoms with Crippen molar-refractivity contribution in [2.75, 3.05) is 37.7 Å². The predicted octanol–water partition coefficient (Wildman–Crippen LogP) is 6.04. The van der Waals surface area contributed by atoms with Crippen molar-refractivity contribution in [3.63, 3.8) is 0 Å². The molecule has 2 aliphatic heterocycles. The Labute approximate surface area is 210 Å². The van der Waals surface area contributed by atoms with Crippen molar-refractivity contribution in [2.24, 2.45) is 0 Å². The Morgan fingerprint density at radius 3 is 2.29 bits per heavy atom. The lowest BCUT2D eigenvalue weighted by Crippen LogP contribution is -2.49. The molecule has 0 radical (unpaired) electrons. The van der Waals surface area contributed by atoms with Gasteiger partial charge in [0.15, 0.2) is 6.61 Å². The fourth-order valence-electron chi connectivity index (χ4n) is 4.48. The second-order valence-corrected chi connectivity index (χ2v) is 10.9. The van der Waals surface area contributed by atoms with Gasteiger partial charge in [-0.25, -0.2) is 0 Å². The van der Waals surface area contributed by atoms with Gasteiger partial charge in [-0.3, -0.25) is 9.59 Å². The van der Waals surface area contributed by atoms with E-state index in [1.807, 2.05) is 11.8 Å². The molecule has 1 saturated heterocycles. The summed E-state index contributed by atoms with van der Waals surface area (Å²) in [6.07, 6.45) is 5.02. The number of piperazine rings is 1. The number of halogens is 3. The van der Waals surface area contributed by atoms with Crippen molar-refractivity contribution >= 4 is 28.5 Å². The summed E-state index contributed by atoms with van der Waals surface area (Å²) in [5.41, 5.74) is 0.0343.